The van der Waals surface area contributed by atoms with Crippen molar-refractivity contribution in [2.24, 2.45) is 0 Å². The number of hydrogen-bond donors (Lipinski definition) is 2. The van der Waals surface area contributed by atoms with Gasteiger partial charge in [0.15, 0.2) is 0 Å². The van der Waals surface area contributed by atoms with Crippen LogP contribution >= 0.6 is 0 Å². The highest BCUT2D eigenvalue weighted by atomic mass is 19.4. The fourth-order valence-electron chi connectivity index (χ4n) is 2.62. The molecule has 122 valence electrons. The van der Waals surface area contributed by atoms with E-state index in [2.05, 4.69) is 21.5 Å². The van der Waals surface area contributed by atoms with Crippen molar-refractivity contribution in [3.63, 3.8) is 0 Å². The van der Waals surface area contributed by atoms with Gasteiger partial charge in [-0.3, -0.25) is 4.90 Å². The lowest BCUT2D eigenvalue weighted by Crippen LogP contribution is -2.45. The van der Waals surface area contributed by atoms with Crippen LogP contribution in [-0.4, -0.2) is 42.5 Å². The standard InChI is InChI=1S/C15H19F3N2O2/c1-2-3-13(20-8-6-19-7-9-20)12-10-11(4-5-14(12)21)22-15(16,17)18/h2,4-5,10,13,19,21H,1,3,6-9H2/t13-/m0/s1. The number of hydrogen-bond acceptors (Lipinski definition) is 4. The van der Waals surface area contributed by atoms with Gasteiger partial charge in [-0.05, 0) is 24.6 Å². The minimum Gasteiger partial charge on any atom is -0.508 e. The molecule has 0 spiro atoms. The van der Waals surface area contributed by atoms with Gasteiger partial charge in [0.05, 0.1) is 0 Å². The highest BCUT2D eigenvalue weighted by Crippen LogP contribution is 2.35. The average molecular weight is 316 g/mol. The van der Waals surface area contributed by atoms with E-state index in [1.54, 1.807) is 6.08 Å². The second-order valence-corrected chi connectivity index (χ2v) is 5.09. The molecule has 1 aliphatic rings. The fraction of sp³-hybridized carbons (Fsp3) is 0.467. The molecular formula is C15H19F3N2O2. The van der Waals surface area contributed by atoms with Gasteiger partial charge in [-0.1, -0.05) is 6.08 Å². The van der Waals surface area contributed by atoms with E-state index in [0.29, 0.717) is 12.0 Å². The van der Waals surface area contributed by atoms with Gasteiger partial charge in [0, 0.05) is 37.8 Å². The van der Waals surface area contributed by atoms with E-state index < -0.39 is 6.36 Å². The van der Waals surface area contributed by atoms with Gasteiger partial charge in [-0.25, -0.2) is 0 Å². The first kappa shape index (κ1) is 16.6. The van der Waals surface area contributed by atoms with Crippen LogP contribution in [0.4, 0.5) is 13.2 Å². The van der Waals surface area contributed by atoms with Crippen LogP contribution in [0.15, 0.2) is 30.9 Å². The van der Waals surface area contributed by atoms with Crippen molar-refractivity contribution < 1.29 is 23.0 Å². The Hall–Kier alpha value is -1.73. The first-order valence-corrected chi connectivity index (χ1v) is 7.05. The Labute approximate surface area is 127 Å². The summed E-state index contributed by atoms with van der Waals surface area (Å²) in [5.74, 6) is -0.371. The maximum absolute atomic E-state index is 12.4. The third-order valence-electron chi connectivity index (χ3n) is 3.57. The quantitative estimate of drug-likeness (QED) is 0.820. The number of alkyl halides is 3. The number of aromatic hydroxyl groups is 1. The minimum absolute atomic E-state index is 0.0418. The number of rotatable bonds is 5. The second kappa shape index (κ2) is 7.02. The van der Waals surface area contributed by atoms with Crippen molar-refractivity contribution in [1.29, 1.82) is 0 Å². The Bertz CT molecular complexity index is 514. The van der Waals surface area contributed by atoms with Gasteiger partial charge in [0.1, 0.15) is 11.5 Å². The summed E-state index contributed by atoms with van der Waals surface area (Å²) >= 11 is 0. The molecule has 1 heterocycles. The van der Waals surface area contributed by atoms with Crippen LogP contribution in [0, 0.1) is 0 Å². The number of benzene rings is 1. The van der Waals surface area contributed by atoms with Crippen molar-refractivity contribution in [3.8, 4) is 11.5 Å². The Morgan fingerprint density at radius 1 is 1.36 bits per heavy atom. The molecule has 4 nitrogen and oxygen atoms in total. The lowest BCUT2D eigenvalue weighted by atomic mass is 9.99. The number of nitrogens with zero attached hydrogens (tertiary/aromatic N) is 1. The van der Waals surface area contributed by atoms with Crippen molar-refractivity contribution in [3.05, 3.63) is 36.4 Å². The summed E-state index contributed by atoms with van der Waals surface area (Å²) in [5.41, 5.74) is 0.420. The monoisotopic (exact) mass is 316 g/mol. The predicted molar refractivity (Wildman–Crippen MR) is 76.8 cm³/mol. The molecule has 0 amide bonds. The number of phenolic OH excluding ortho intramolecular Hbond substituents is 1. The summed E-state index contributed by atoms with van der Waals surface area (Å²) < 4.78 is 41.0. The van der Waals surface area contributed by atoms with Crippen molar-refractivity contribution in [2.45, 2.75) is 18.8 Å². The molecule has 1 saturated heterocycles. The largest absolute Gasteiger partial charge is 0.573 e. The third-order valence-corrected chi connectivity index (χ3v) is 3.57. The maximum atomic E-state index is 12.4. The molecule has 1 fully saturated rings. The Morgan fingerprint density at radius 2 is 2.05 bits per heavy atom. The summed E-state index contributed by atoms with van der Waals surface area (Å²) in [7, 11) is 0. The molecule has 2 rings (SSSR count). The SMILES string of the molecule is C=CC[C@@H](c1cc(OC(F)(F)F)ccc1O)N1CCNCC1. The zero-order chi connectivity index (χ0) is 16.2. The summed E-state index contributed by atoms with van der Waals surface area (Å²) in [5, 5.41) is 13.3. The smallest absolute Gasteiger partial charge is 0.508 e. The van der Waals surface area contributed by atoms with E-state index in [1.807, 2.05) is 0 Å². The highest BCUT2D eigenvalue weighted by molar-refractivity contribution is 5.41. The maximum Gasteiger partial charge on any atom is 0.573 e. The number of nitrogens with one attached hydrogen (secondary N) is 1. The first-order chi connectivity index (χ1) is 10.4. The second-order valence-electron chi connectivity index (χ2n) is 5.09. The molecule has 2 N–H and O–H groups in total. The van der Waals surface area contributed by atoms with Crippen molar-refractivity contribution in [2.75, 3.05) is 26.2 Å². The fourth-order valence-corrected chi connectivity index (χ4v) is 2.62. The van der Waals surface area contributed by atoms with E-state index in [1.165, 1.54) is 12.1 Å². The third kappa shape index (κ3) is 4.38. The van der Waals surface area contributed by atoms with E-state index in [-0.39, 0.29) is 17.5 Å². The van der Waals surface area contributed by atoms with Gasteiger partial charge in [0.25, 0.3) is 0 Å². The highest BCUT2D eigenvalue weighted by Gasteiger charge is 2.32. The van der Waals surface area contributed by atoms with Gasteiger partial charge in [-0.15, -0.1) is 19.8 Å². The average Bonchev–Trinajstić information content (AvgIpc) is 2.46. The normalized spacial score (nSPS) is 18.0. The molecular weight excluding hydrogens is 297 g/mol. The Kier molecular flexibility index (Phi) is 5.31. The number of halogens is 3. The minimum atomic E-state index is -4.75. The molecule has 0 radical (unpaired) electrons. The lowest BCUT2D eigenvalue weighted by molar-refractivity contribution is -0.274. The van der Waals surface area contributed by atoms with E-state index in [9.17, 15) is 18.3 Å². The molecule has 1 atom stereocenters. The first-order valence-electron chi connectivity index (χ1n) is 7.05. The Balaban J connectivity index is 2.28. The van der Waals surface area contributed by atoms with E-state index >= 15 is 0 Å². The zero-order valence-electron chi connectivity index (χ0n) is 12.1. The van der Waals surface area contributed by atoms with Crippen LogP contribution < -0.4 is 10.1 Å². The topological polar surface area (TPSA) is 44.7 Å². The lowest BCUT2D eigenvalue weighted by Gasteiger charge is -2.35. The zero-order valence-corrected chi connectivity index (χ0v) is 12.1. The molecule has 22 heavy (non-hydrogen) atoms. The van der Waals surface area contributed by atoms with Crippen LogP contribution in [0.5, 0.6) is 11.5 Å². The van der Waals surface area contributed by atoms with Gasteiger partial charge < -0.3 is 15.2 Å². The van der Waals surface area contributed by atoms with Crippen LogP contribution in [0.25, 0.3) is 0 Å². The van der Waals surface area contributed by atoms with Crippen molar-refractivity contribution >= 4 is 0 Å². The van der Waals surface area contributed by atoms with Crippen LogP contribution in [0.2, 0.25) is 0 Å². The number of piperazine rings is 1. The summed E-state index contributed by atoms with van der Waals surface area (Å²) in [6, 6.07) is 3.36. The molecule has 0 bridgehead atoms. The molecule has 0 aliphatic carbocycles. The van der Waals surface area contributed by atoms with Crippen LogP contribution in [-0.2, 0) is 0 Å². The van der Waals surface area contributed by atoms with E-state index in [0.717, 1.165) is 32.2 Å². The number of ether oxygens (including phenoxy) is 1. The summed E-state index contributed by atoms with van der Waals surface area (Å²) in [6.07, 6.45) is -2.52. The van der Waals surface area contributed by atoms with Crippen molar-refractivity contribution in [1.82, 2.24) is 10.2 Å². The molecule has 0 aromatic heterocycles. The number of phenols is 1. The summed E-state index contributed by atoms with van der Waals surface area (Å²) in [6.45, 7) is 6.80. The molecule has 0 unspecified atom stereocenters. The van der Waals surface area contributed by atoms with E-state index in [4.69, 9.17) is 0 Å². The van der Waals surface area contributed by atoms with Crippen LogP contribution in [0.3, 0.4) is 0 Å². The predicted octanol–water partition coefficient (Wildman–Crippen LogP) is 2.81. The van der Waals surface area contributed by atoms with Gasteiger partial charge in [0.2, 0.25) is 0 Å². The molecule has 1 aromatic carbocycles. The van der Waals surface area contributed by atoms with Gasteiger partial charge >= 0.3 is 6.36 Å². The van der Waals surface area contributed by atoms with Gasteiger partial charge in [-0.2, -0.15) is 0 Å². The Morgan fingerprint density at radius 3 is 2.64 bits per heavy atom. The molecule has 7 heteroatoms. The molecule has 1 aliphatic heterocycles. The summed E-state index contributed by atoms with van der Waals surface area (Å²) in [4.78, 5) is 2.12. The van der Waals surface area contributed by atoms with Crippen LogP contribution in [0.1, 0.15) is 18.0 Å². The molecule has 0 saturated carbocycles. The molecule has 1 aromatic rings.